The fourth-order valence-electron chi connectivity index (χ4n) is 2.69. The van der Waals surface area contributed by atoms with Crippen molar-refractivity contribution in [1.29, 1.82) is 0 Å². The molecule has 25 heavy (non-hydrogen) atoms. The maximum Gasteiger partial charge on any atom is 0.222 e. The van der Waals surface area contributed by atoms with E-state index in [1.165, 1.54) is 6.92 Å². The van der Waals surface area contributed by atoms with Crippen molar-refractivity contribution in [1.82, 2.24) is 9.97 Å². The monoisotopic (exact) mass is 333 g/mol. The molecule has 126 valence electrons. The Balaban J connectivity index is 2.11. The molecule has 1 heterocycles. The lowest BCUT2D eigenvalue weighted by Crippen LogP contribution is -2.16. The molecule has 0 aliphatic carbocycles. The van der Waals surface area contributed by atoms with E-state index in [0.29, 0.717) is 17.2 Å². The molecular weight excluding hydrogens is 314 g/mol. The van der Waals surface area contributed by atoms with Gasteiger partial charge in [0, 0.05) is 12.5 Å². The standard InChI is InChI=1S/C20H19N3O2/c1-14(25)22-20-19(17(13-24)15-8-4-2-5-9-15)23-18(12-21-20)16-10-6-3-7-11-16/h2-12,17,24H,13H2,1H3,(H,21,22,25). The SMILES string of the molecule is CC(=O)Nc1ncc(-c2ccccc2)nc1C(CO)c1ccccc1. The molecule has 3 aromatic rings. The van der Waals surface area contributed by atoms with Crippen molar-refractivity contribution >= 4 is 11.7 Å². The van der Waals surface area contributed by atoms with E-state index in [0.717, 1.165) is 11.1 Å². The maximum absolute atomic E-state index is 11.5. The molecule has 0 bridgehead atoms. The van der Waals surface area contributed by atoms with Crippen LogP contribution in [0.5, 0.6) is 0 Å². The number of rotatable bonds is 5. The Labute approximate surface area is 146 Å². The predicted octanol–water partition coefficient (Wildman–Crippen LogP) is 3.23. The number of hydrogen-bond acceptors (Lipinski definition) is 4. The number of nitrogens with zero attached hydrogens (tertiary/aromatic N) is 2. The van der Waals surface area contributed by atoms with Gasteiger partial charge in [0.15, 0.2) is 5.82 Å². The van der Waals surface area contributed by atoms with Crippen LogP contribution in [0.4, 0.5) is 5.82 Å². The molecule has 0 spiro atoms. The highest BCUT2D eigenvalue weighted by atomic mass is 16.3. The first-order chi connectivity index (χ1) is 12.2. The number of aromatic nitrogens is 2. The van der Waals surface area contributed by atoms with Crippen LogP contribution in [-0.2, 0) is 4.79 Å². The minimum absolute atomic E-state index is 0.135. The van der Waals surface area contributed by atoms with Crippen LogP contribution in [0.3, 0.4) is 0 Å². The second-order valence-electron chi connectivity index (χ2n) is 5.68. The summed E-state index contributed by atoms with van der Waals surface area (Å²) in [4.78, 5) is 20.6. The molecule has 0 saturated carbocycles. The zero-order chi connectivity index (χ0) is 17.6. The Morgan fingerprint density at radius 2 is 1.72 bits per heavy atom. The third-order valence-electron chi connectivity index (χ3n) is 3.88. The van der Waals surface area contributed by atoms with E-state index >= 15 is 0 Å². The minimum Gasteiger partial charge on any atom is -0.395 e. The molecule has 1 unspecified atom stereocenters. The lowest BCUT2D eigenvalue weighted by molar-refractivity contribution is -0.114. The van der Waals surface area contributed by atoms with Crippen LogP contribution < -0.4 is 5.32 Å². The molecule has 2 N–H and O–H groups in total. The second kappa shape index (κ2) is 7.68. The summed E-state index contributed by atoms with van der Waals surface area (Å²) in [7, 11) is 0. The zero-order valence-electron chi connectivity index (χ0n) is 13.9. The Kier molecular flexibility index (Phi) is 5.16. The summed E-state index contributed by atoms with van der Waals surface area (Å²) in [5.41, 5.74) is 3.08. The van der Waals surface area contributed by atoms with Gasteiger partial charge in [0.05, 0.1) is 30.1 Å². The first-order valence-corrected chi connectivity index (χ1v) is 8.05. The summed E-state index contributed by atoms with van der Waals surface area (Å²) < 4.78 is 0. The van der Waals surface area contributed by atoms with Crippen LogP contribution in [0.2, 0.25) is 0 Å². The van der Waals surface area contributed by atoms with Crippen molar-refractivity contribution < 1.29 is 9.90 Å². The highest BCUT2D eigenvalue weighted by Gasteiger charge is 2.21. The number of aliphatic hydroxyl groups is 1. The number of amides is 1. The molecule has 2 aromatic carbocycles. The van der Waals surface area contributed by atoms with Gasteiger partial charge in [-0.1, -0.05) is 60.7 Å². The number of nitrogens with one attached hydrogen (secondary N) is 1. The van der Waals surface area contributed by atoms with Gasteiger partial charge in [-0.3, -0.25) is 4.79 Å². The van der Waals surface area contributed by atoms with Crippen molar-refractivity contribution in [2.45, 2.75) is 12.8 Å². The Hall–Kier alpha value is -3.05. The summed E-state index contributed by atoms with van der Waals surface area (Å²) >= 11 is 0. The summed E-state index contributed by atoms with van der Waals surface area (Å²) in [5, 5.41) is 12.7. The molecule has 0 radical (unpaired) electrons. The molecule has 5 nitrogen and oxygen atoms in total. The van der Waals surface area contributed by atoms with Crippen LogP contribution >= 0.6 is 0 Å². The zero-order valence-corrected chi connectivity index (χ0v) is 13.9. The van der Waals surface area contributed by atoms with E-state index in [9.17, 15) is 9.90 Å². The first-order valence-electron chi connectivity index (χ1n) is 8.05. The second-order valence-corrected chi connectivity index (χ2v) is 5.68. The molecule has 1 aromatic heterocycles. The highest BCUT2D eigenvalue weighted by Crippen LogP contribution is 2.29. The first kappa shape index (κ1) is 16.8. The fraction of sp³-hybridized carbons (Fsp3) is 0.150. The van der Waals surface area contributed by atoms with E-state index in [-0.39, 0.29) is 18.4 Å². The van der Waals surface area contributed by atoms with E-state index in [1.807, 2.05) is 60.7 Å². The van der Waals surface area contributed by atoms with Gasteiger partial charge in [0.25, 0.3) is 0 Å². The summed E-state index contributed by atoms with van der Waals surface area (Å²) in [6.07, 6.45) is 1.63. The molecule has 1 atom stereocenters. The molecular formula is C20H19N3O2. The molecule has 0 saturated heterocycles. The Morgan fingerprint density at radius 1 is 1.08 bits per heavy atom. The summed E-state index contributed by atoms with van der Waals surface area (Å²) in [6.45, 7) is 1.29. The Morgan fingerprint density at radius 3 is 2.32 bits per heavy atom. The fourth-order valence-corrected chi connectivity index (χ4v) is 2.69. The van der Waals surface area contributed by atoms with Gasteiger partial charge in [0.1, 0.15) is 0 Å². The number of aliphatic hydroxyl groups excluding tert-OH is 1. The van der Waals surface area contributed by atoms with Crippen LogP contribution in [0.15, 0.2) is 66.9 Å². The van der Waals surface area contributed by atoms with Crippen LogP contribution in [-0.4, -0.2) is 27.6 Å². The van der Waals surface area contributed by atoms with Gasteiger partial charge in [-0.2, -0.15) is 0 Å². The molecule has 3 rings (SSSR count). The van der Waals surface area contributed by atoms with Gasteiger partial charge in [0.2, 0.25) is 5.91 Å². The smallest absolute Gasteiger partial charge is 0.222 e. The third kappa shape index (κ3) is 3.89. The van der Waals surface area contributed by atoms with E-state index in [2.05, 4.69) is 10.3 Å². The number of carbonyl (C=O) groups is 1. The van der Waals surface area contributed by atoms with Crippen LogP contribution in [0.1, 0.15) is 24.1 Å². The van der Waals surface area contributed by atoms with Gasteiger partial charge in [-0.25, -0.2) is 9.97 Å². The average molecular weight is 333 g/mol. The topological polar surface area (TPSA) is 75.1 Å². The molecule has 0 fully saturated rings. The maximum atomic E-state index is 11.5. The number of carbonyl (C=O) groups excluding carboxylic acids is 1. The van der Waals surface area contributed by atoms with Crippen molar-refractivity contribution in [3.8, 4) is 11.3 Å². The lowest BCUT2D eigenvalue weighted by atomic mass is 9.95. The van der Waals surface area contributed by atoms with Gasteiger partial charge >= 0.3 is 0 Å². The molecule has 0 aliphatic rings. The summed E-state index contributed by atoms with van der Waals surface area (Å²) in [5.74, 6) is -0.234. The average Bonchev–Trinajstić information content (AvgIpc) is 2.65. The number of anilines is 1. The van der Waals surface area contributed by atoms with Crippen molar-refractivity contribution in [2.75, 3.05) is 11.9 Å². The number of benzene rings is 2. The largest absolute Gasteiger partial charge is 0.395 e. The lowest BCUT2D eigenvalue weighted by Gasteiger charge is -2.18. The highest BCUT2D eigenvalue weighted by molar-refractivity contribution is 5.88. The van der Waals surface area contributed by atoms with Crippen molar-refractivity contribution in [3.05, 3.63) is 78.1 Å². The van der Waals surface area contributed by atoms with E-state index < -0.39 is 0 Å². The van der Waals surface area contributed by atoms with Gasteiger partial charge in [-0.15, -0.1) is 0 Å². The normalized spacial score (nSPS) is 11.8. The third-order valence-corrected chi connectivity index (χ3v) is 3.88. The van der Waals surface area contributed by atoms with Gasteiger partial charge in [-0.05, 0) is 5.56 Å². The predicted molar refractivity (Wildman–Crippen MR) is 97.1 cm³/mol. The van der Waals surface area contributed by atoms with Crippen molar-refractivity contribution in [3.63, 3.8) is 0 Å². The van der Waals surface area contributed by atoms with E-state index in [1.54, 1.807) is 6.20 Å². The number of hydrogen-bond donors (Lipinski definition) is 2. The van der Waals surface area contributed by atoms with E-state index in [4.69, 9.17) is 4.98 Å². The Bertz CT molecular complexity index is 851. The molecule has 1 amide bonds. The molecule has 0 aliphatic heterocycles. The van der Waals surface area contributed by atoms with Crippen LogP contribution in [0.25, 0.3) is 11.3 Å². The van der Waals surface area contributed by atoms with Gasteiger partial charge < -0.3 is 10.4 Å². The minimum atomic E-state index is -0.376. The summed E-state index contributed by atoms with van der Waals surface area (Å²) in [6, 6.07) is 19.3. The quantitative estimate of drug-likeness (QED) is 0.752. The van der Waals surface area contributed by atoms with Crippen molar-refractivity contribution in [2.24, 2.45) is 0 Å². The van der Waals surface area contributed by atoms with Crippen LogP contribution in [0, 0.1) is 0 Å². The molecule has 5 heteroatoms.